The number of rotatable bonds is 6. The van der Waals surface area contributed by atoms with Crippen molar-refractivity contribution in [2.24, 2.45) is 5.92 Å². The smallest absolute Gasteiger partial charge is 0.225 e. The van der Waals surface area contributed by atoms with Crippen LogP contribution in [0.5, 0.6) is 5.75 Å². The fraction of sp³-hybridized carbons (Fsp3) is 0.519. The molecule has 0 aliphatic carbocycles. The van der Waals surface area contributed by atoms with Gasteiger partial charge in [-0.3, -0.25) is 4.79 Å². The van der Waals surface area contributed by atoms with E-state index in [9.17, 15) is 9.18 Å². The molecule has 0 radical (unpaired) electrons. The van der Waals surface area contributed by atoms with Crippen LogP contribution in [0.2, 0.25) is 0 Å². The Kier molecular flexibility index (Phi) is 6.90. The summed E-state index contributed by atoms with van der Waals surface area (Å²) in [5, 5.41) is 3.25. The van der Waals surface area contributed by atoms with Crippen LogP contribution in [-0.2, 0) is 11.2 Å². The third-order valence-corrected chi connectivity index (χ3v) is 7.63. The minimum atomic E-state index is -0.230. The number of hydrogen-bond donors (Lipinski definition) is 1. The SMILES string of the molecule is COc1ccc2c(c1)N1CCN(c3ccc(F)cc3)C[C@H]1[C@@H](C(=O)NCCN1CCCCC1)C2. The second kappa shape index (κ2) is 10.2. The molecule has 34 heavy (non-hydrogen) atoms. The third kappa shape index (κ3) is 4.85. The van der Waals surface area contributed by atoms with Crippen molar-refractivity contribution in [2.45, 2.75) is 31.7 Å². The standard InChI is InChI=1S/C27H35FN4O2/c1-34-23-10-5-20-17-24(27(33)29-11-14-30-12-3-2-4-13-30)26-19-31(15-16-32(26)25(20)18-23)22-8-6-21(28)7-9-22/h5-10,18,24,26H,2-4,11-17,19H2,1H3,(H,29,33)/t24-,26-/m0/s1. The Labute approximate surface area is 201 Å². The fourth-order valence-corrected chi connectivity index (χ4v) is 5.74. The molecule has 182 valence electrons. The predicted molar refractivity (Wildman–Crippen MR) is 133 cm³/mol. The first-order chi connectivity index (χ1) is 16.6. The van der Waals surface area contributed by atoms with Crippen molar-refractivity contribution in [3.05, 3.63) is 53.8 Å². The van der Waals surface area contributed by atoms with Crippen LogP contribution in [0.25, 0.3) is 0 Å². The predicted octanol–water partition coefficient (Wildman–Crippen LogP) is 3.30. The number of benzene rings is 2. The van der Waals surface area contributed by atoms with Gasteiger partial charge in [0.15, 0.2) is 0 Å². The second-order valence-electron chi connectivity index (χ2n) is 9.68. The van der Waals surface area contributed by atoms with Crippen molar-refractivity contribution in [3.63, 3.8) is 0 Å². The van der Waals surface area contributed by atoms with E-state index in [0.29, 0.717) is 13.0 Å². The quantitative estimate of drug-likeness (QED) is 0.708. The van der Waals surface area contributed by atoms with Crippen molar-refractivity contribution >= 4 is 17.3 Å². The number of nitrogens with zero attached hydrogens (tertiary/aromatic N) is 3. The number of hydrogen-bond acceptors (Lipinski definition) is 5. The van der Waals surface area contributed by atoms with Crippen LogP contribution < -0.4 is 19.9 Å². The van der Waals surface area contributed by atoms with Gasteiger partial charge in [0.2, 0.25) is 5.91 Å². The molecule has 0 aromatic heterocycles. The molecular weight excluding hydrogens is 431 g/mol. The lowest BCUT2D eigenvalue weighted by molar-refractivity contribution is -0.125. The lowest BCUT2D eigenvalue weighted by Gasteiger charge is -2.49. The maximum atomic E-state index is 13.5. The van der Waals surface area contributed by atoms with Gasteiger partial charge in [0.25, 0.3) is 0 Å². The first kappa shape index (κ1) is 23.0. The van der Waals surface area contributed by atoms with Crippen molar-refractivity contribution < 1.29 is 13.9 Å². The highest BCUT2D eigenvalue weighted by atomic mass is 19.1. The molecule has 0 saturated carbocycles. The van der Waals surface area contributed by atoms with E-state index >= 15 is 0 Å². The van der Waals surface area contributed by atoms with E-state index in [1.165, 1.54) is 42.6 Å². The number of piperidine rings is 1. The number of halogens is 1. The molecule has 2 aromatic carbocycles. The number of amides is 1. The number of fused-ring (bicyclic) bond motifs is 3. The maximum Gasteiger partial charge on any atom is 0.225 e. The van der Waals surface area contributed by atoms with Crippen LogP contribution >= 0.6 is 0 Å². The van der Waals surface area contributed by atoms with Crippen LogP contribution in [0, 0.1) is 11.7 Å². The summed E-state index contributed by atoms with van der Waals surface area (Å²) in [6.45, 7) is 6.24. The van der Waals surface area contributed by atoms with Gasteiger partial charge in [-0.05, 0) is 68.2 Å². The van der Waals surface area contributed by atoms with E-state index in [1.807, 2.05) is 18.2 Å². The molecule has 0 bridgehead atoms. The molecule has 2 saturated heterocycles. The van der Waals surface area contributed by atoms with Crippen molar-refractivity contribution in [3.8, 4) is 5.75 Å². The number of carbonyl (C=O) groups is 1. The van der Waals surface area contributed by atoms with Gasteiger partial charge in [-0.1, -0.05) is 12.5 Å². The van der Waals surface area contributed by atoms with E-state index in [-0.39, 0.29) is 23.7 Å². The van der Waals surface area contributed by atoms with E-state index in [4.69, 9.17) is 4.74 Å². The summed E-state index contributed by atoms with van der Waals surface area (Å²) in [6.07, 6.45) is 4.55. The van der Waals surface area contributed by atoms with Gasteiger partial charge in [-0.2, -0.15) is 0 Å². The largest absolute Gasteiger partial charge is 0.497 e. The maximum absolute atomic E-state index is 13.5. The molecule has 2 atom stereocenters. The number of piperazine rings is 1. The van der Waals surface area contributed by atoms with Gasteiger partial charge < -0.3 is 24.8 Å². The first-order valence-electron chi connectivity index (χ1n) is 12.6. The van der Waals surface area contributed by atoms with Gasteiger partial charge in [0, 0.05) is 50.2 Å². The molecule has 5 rings (SSSR count). The molecule has 2 fully saturated rings. The van der Waals surface area contributed by atoms with E-state index in [0.717, 1.165) is 50.7 Å². The molecular formula is C27H35FN4O2. The molecule has 1 amide bonds. The minimum Gasteiger partial charge on any atom is -0.497 e. The average molecular weight is 467 g/mol. The van der Waals surface area contributed by atoms with E-state index < -0.39 is 0 Å². The van der Waals surface area contributed by atoms with Gasteiger partial charge in [0.05, 0.1) is 19.1 Å². The van der Waals surface area contributed by atoms with Crippen molar-refractivity contribution in [2.75, 3.05) is 62.7 Å². The molecule has 3 aliphatic rings. The van der Waals surface area contributed by atoms with Crippen molar-refractivity contribution in [1.82, 2.24) is 10.2 Å². The Bertz CT molecular complexity index is 993. The Morgan fingerprint density at radius 3 is 2.62 bits per heavy atom. The second-order valence-corrected chi connectivity index (χ2v) is 9.68. The molecule has 0 spiro atoms. The lowest BCUT2D eigenvalue weighted by Crippen LogP contribution is -2.61. The summed E-state index contributed by atoms with van der Waals surface area (Å²) in [5.41, 5.74) is 3.37. The highest BCUT2D eigenvalue weighted by Crippen LogP contribution is 2.39. The number of nitrogens with one attached hydrogen (secondary N) is 1. The number of methoxy groups -OCH3 is 1. The number of carbonyl (C=O) groups excluding carboxylic acids is 1. The normalized spacial score (nSPS) is 22.6. The number of ether oxygens (including phenoxy) is 1. The summed E-state index contributed by atoms with van der Waals surface area (Å²) in [4.78, 5) is 20.6. The van der Waals surface area contributed by atoms with Gasteiger partial charge >= 0.3 is 0 Å². The molecule has 6 nitrogen and oxygen atoms in total. The number of anilines is 2. The first-order valence-corrected chi connectivity index (χ1v) is 12.6. The Balaban J connectivity index is 1.34. The summed E-state index contributed by atoms with van der Waals surface area (Å²) in [5.74, 6) is 0.606. The van der Waals surface area contributed by atoms with Crippen molar-refractivity contribution in [1.29, 1.82) is 0 Å². The highest BCUT2D eigenvalue weighted by molar-refractivity contribution is 5.82. The third-order valence-electron chi connectivity index (χ3n) is 7.63. The lowest BCUT2D eigenvalue weighted by atomic mass is 9.83. The highest BCUT2D eigenvalue weighted by Gasteiger charge is 2.41. The number of likely N-dealkylation sites (tertiary alicyclic amines) is 1. The molecule has 3 aliphatic heterocycles. The molecule has 7 heteroatoms. The van der Waals surface area contributed by atoms with Gasteiger partial charge in [0.1, 0.15) is 11.6 Å². The zero-order valence-electron chi connectivity index (χ0n) is 20.0. The Morgan fingerprint density at radius 2 is 1.85 bits per heavy atom. The van der Waals surface area contributed by atoms with Gasteiger partial charge in [-0.15, -0.1) is 0 Å². The summed E-state index contributed by atoms with van der Waals surface area (Å²) < 4.78 is 19.0. The van der Waals surface area contributed by atoms with E-state index in [2.05, 4.69) is 32.1 Å². The summed E-state index contributed by atoms with van der Waals surface area (Å²) in [6, 6.07) is 12.9. The monoisotopic (exact) mass is 466 g/mol. The average Bonchev–Trinajstić information content (AvgIpc) is 2.88. The van der Waals surface area contributed by atoms with Crippen LogP contribution in [-0.4, -0.2) is 69.8 Å². The van der Waals surface area contributed by atoms with Crippen LogP contribution in [0.4, 0.5) is 15.8 Å². The molecule has 3 heterocycles. The molecule has 2 aromatic rings. The Morgan fingerprint density at radius 1 is 1.06 bits per heavy atom. The Hall–Kier alpha value is -2.80. The van der Waals surface area contributed by atoms with Crippen LogP contribution in [0.15, 0.2) is 42.5 Å². The van der Waals surface area contributed by atoms with E-state index in [1.54, 1.807) is 7.11 Å². The molecule has 0 unspecified atom stereocenters. The molecule has 1 N–H and O–H groups in total. The van der Waals surface area contributed by atoms with Crippen LogP contribution in [0.3, 0.4) is 0 Å². The topological polar surface area (TPSA) is 48.1 Å². The minimum absolute atomic E-state index is 0.0494. The fourth-order valence-electron chi connectivity index (χ4n) is 5.74. The summed E-state index contributed by atoms with van der Waals surface area (Å²) in [7, 11) is 1.69. The zero-order chi connectivity index (χ0) is 23.5. The zero-order valence-corrected chi connectivity index (χ0v) is 20.0. The summed E-state index contributed by atoms with van der Waals surface area (Å²) >= 11 is 0. The van der Waals surface area contributed by atoms with Gasteiger partial charge in [-0.25, -0.2) is 4.39 Å². The van der Waals surface area contributed by atoms with Crippen LogP contribution in [0.1, 0.15) is 24.8 Å².